The van der Waals surface area contributed by atoms with Crippen molar-refractivity contribution in [3.05, 3.63) is 22.9 Å². The fraction of sp³-hybridized carbons (Fsp3) is 0.571. The third kappa shape index (κ3) is 2.58. The van der Waals surface area contributed by atoms with Gasteiger partial charge in [-0.25, -0.2) is 4.98 Å². The lowest BCUT2D eigenvalue weighted by Crippen LogP contribution is -2.26. The first-order chi connectivity index (χ1) is 9.13. The number of thiocarbonyl (C=S) groups is 1. The second kappa shape index (κ2) is 5.06. The van der Waals surface area contributed by atoms with Crippen molar-refractivity contribution in [1.29, 1.82) is 0 Å². The Balaban J connectivity index is 1.88. The van der Waals surface area contributed by atoms with Crippen LogP contribution in [0.4, 0.5) is 5.82 Å². The first kappa shape index (κ1) is 12.8. The predicted octanol–water partition coefficient (Wildman–Crippen LogP) is 1.32. The molecule has 1 saturated heterocycles. The van der Waals surface area contributed by atoms with Crippen LogP contribution >= 0.6 is 12.2 Å². The number of aryl methyl sites for hydroxylation is 2. The fourth-order valence-corrected chi connectivity index (χ4v) is 3.17. The molecule has 1 aromatic heterocycles. The van der Waals surface area contributed by atoms with Crippen molar-refractivity contribution in [3.63, 3.8) is 0 Å². The Bertz CT molecular complexity index is 514. The van der Waals surface area contributed by atoms with E-state index in [1.165, 1.54) is 17.7 Å². The van der Waals surface area contributed by atoms with E-state index in [0.717, 1.165) is 43.7 Å². The molecular weight excluding hydrogens is 256 g/mol. The lowest BCUT2D eigenvalue weighted by Gasteiger charge is -2.17. The highest BCUT2D eigenvalue weighted by molar-refractivity contribution is 7.80. The molecule has 2 heterocycles. The van der Waals surface area contributed by atoms with Crippen molar-refractivity contribution in [2.24, 2.45) is 5.73 Å². The van der Waals surface area contributed by atoms with Gasteiger partial charge in [0.1, 0.15) is 10.8 Å². The number of rotatable bonds is 3. The molecule has 4 nitrogen and oxygen atoms in total. The van der Waals surface area contributed by atoms with E-state index in [4.69, 9.17) is 22.9 Å². The van der Waals surface area contributed by atoms with Crippen molar-refractivity contribution in [1.82, 2.24) is 9.88 Å². The molecule has 0 spiro atoms. The number of nitrogens with two attached hydrogens (primary N) is 1. The molecule has 1 aromatic rings. The number of likely N-dealkylation sites (N-methyl/N-ethyl adjacent to an activating group) is 1. The summed E-state index contributed by atoms with van der Waals surface area (Å²) in [6, 6.07) is 2.59. The molecule has 0 amide bonds. The summed E-state index contributed by atoms with van der Waals surface area (Å²) in [5.74, 6) is 0.883. The number of hydrogen-bond acceptors (Lipinski definition) is 4. The van der Waals surface area contributed by atoms with Crippen LogP contribution < -0.4 is 11.1 Å². The molecule has 0 radical (unpaired) electrons. The minimum Gasteiger partial charge on any atom is -0.389 e. The molecular formula is C14H20N4S. The van der Waals surface area contributed by atoms with E-state index in [1.807, 2.05) is 0 Å². The largest absolute Gasteiger partial charge is 0.389 e. The van der Waals surface area contributed by atoms with Crippen LogP contribution in [0.5, 0.6) is 0 Å². The first-order valence-electron chi connectivity index (χ1n) is 6.91. The van der Waals surface area contributed by atoms with E-state index in [0.29, 0.717) is 11.0 Å². The highest BCUT2D eigenvalue weighted by Gasteiger charge is 2.23. The Morgan fingerprint density at radius 2 is 2.37 bits per heavy atom. The van der Waals surface area contributed by atoms with Crippen LogP contribution in [0.2, 0.25) is 0 Å². The summed E-state index contributed by atoms with van der Waals surface area (Å²) in [5.41, 5.74) is 9.29. The van der Waals surface area contributed by atoms with Gasteiger partial charge in [0.15, 0.2) is 0 Å². The third-order valence-electron chi connectivity index (χ3n) is 4.05. The average molecular weight is 276 g/mol. The van der Waals surface area contributed by atoms with Crippen LogP contribution in [-0.2, 0) is 12.8 Å². The molecule has 1 fully saturated rings. The molecule has 5 heteroatoms. The average Bonchev–Trinajstić information content (AvgIpc) is 2.96. The standard InChI is InChI=1S/C14H20N4S/c1-18-6-5-10(8-18)16-14-11(13(15)19)7-9-3-2-4-12(9)17-14/h7,10H,2-6,8H2,1H3,(H2,15,19)(H,16,17). The van der Waals surface area contributed by atoms with Crippen LogP contribution in [0, 0.1) is 0 Å². The molecule has 102 valence electrons. The van der Waals surface area contributed by atoms with E-state index in [-0.39, 0.29) is 0 Å². The number of likely N-dealkylation sites (tertiary alicyclic amines) is 1. The Hall–Kier alpha value is -1.20. The summed E-state index contributed by atoms with van der Waals surface area (Å²) in [5, 5.41) is 3.53. The maximum absolute atomic E-state index is 5.85. The van der Waals surface area contributed by atoms with Gasteiger partial charge in [0, 0.05) is 18.3 Å². The zero-order chi connectivity index (χ0) is 13.4. The van der Waals surface area contributed by atoms with Crippen molar-refractivity contribution in [2.75, 3.05) is 25.5 Å². The molecule has 3 rings (SSSR count). The van der Waals surface area contributed by atoms with Gasteiger partial charge in [-0.05, 0) is 50.9 Å². The maximum Gasteiger partial charge on any atom is 0.136 e. The summed E-state index contributed by atoms with van der Waals surface area (Å²) in [6.45, 7) is 2.18. The molecule has 2 aliphatic rings. The van der Waals surface area contributed by atoms with E-state index in [9.17, 15) is 0 Å². The van der Waals surface area contributed by atoms with Crippen molar-refractivity contribution in [2.45, 2.75) is 31.7 Å². The van der Waals surface area contributed by atoms with E-state index in [1.54, 1.807) is 0 Å². The van der Waals surface area contributed by atoms with Crippen molar-refractivity contribution >= 4 is 23.0 Å². The van der Waals surface area contributed by atoms with Gasteiger partial charge in [0.2, 0.25) is 0 Å². The monoisotopic (exact) mass is 276 g/mol. The Morgan fingerprint density at radius 1 is 1.53 bits per heavy atom. The van der Waals surface area contributed by atoms with Gasteiger partial charge in [0.25, 0.3) is 0 Å². The van der Waals surface area contributed by atoms with Gasteiger partial charge in [-0.1, -0.05) is 12.2 Å². The van der Waals surface area contributed by atoms with E-state index >= 15 is 0 Å². The lowest BCUT2D eigenvalue weighted by atomic mass is 10.1. The Labute approximate surface area is 119 Å². The van der Waals surface area contributed by atoms with Gasteiger partial charge in [-0.3, -0.25) is 0 Å². The Morgan fingerprint density at radius 3 is 3.05 bits per heavy atom. The summed E-state index contributed by atoms with van der Waals surface area (Å²) in [7, 11) is 2.15. The molecule has 3 N–H and O–H groups in total. The molecule has 19 heavy (non-hydrogen) atoms. The van der Waals surface area contributed by atoms with Crippen molar-refractivity contribution in [3.8, 4) is 0 Å². The molecule has 0 saturated carbocycles. The Kier molecular flexibility index (Phi) is 3.41. The smallest absolute Gasteiger partial charge is 0.136 e. The van der Waals surface area contributed by atoms with E-state index < -0.39 is 0 Å². The zero-order valence-corrected chi connectivity index (χ0v) is 12.1. The van der Waals surface area contributed by atoms with Crippen LogP contribution in [-0.4, -0.2) is 41.1 Å². The quantitative estimate of drug-likeness (QED) is 0.816. The molecule has 0 aromatic carbocycles. The summed E-state index contributed by atoms with van der Waals surface area (Å²) >= 11 is 5.17. The number of hydrogen-bond donors (Lipinski definition) is 2. The second-order valence-electron chi connectivity index (χ2n) is 5.60. The molecule has 1 aliphatic carbocycles. The number of pyridine rings is 1. The van der Waals surface area contributed by atoms with Gasteiger partial charge >= 0.3 is 0 Å². The van der Waals surface area contributed by atoms with Gasteiger partial charge in [0.05, 0.1) is 5.56 Å². The van der Waals surface area contributed by atoms with E-state index in [2.05, 4.69) is 23.3 Å². The van der Waals surface area contributed by atoms with Crippen molar-refractivity contribution < 1.29 is 0 Å². The van der Waals surface area contributed by atoms with Gasteiger partial charge < -0.3 is 16.0 Å². The SMILES string of the molecule is CN1CCC(Nc2nc3c(cc2C(N)=S)CCC3)C1. The number of anilines is 1. The highest BCUT2D eigenvalue weighted by atomic mass is 32.1. The van der Waals surface area contributed by atoms with Crippen LogP contribution in [0.15, 0.2) is 6.07 Å². The number of nitrogens with one attached hydrogen (secondary N) is 1. The normalized spacial score (nSPS) is 22.5. The van der Waals surface area contributed by atoms with Gasteiger partial charge in [-0.2, -0.15) is 0 Å². The van der Waals surface area contributed by atoms with Gasteiger partial charge in [-0.15, -0.1) is 0 Å². The minimum absolute atomic E-state index is 0.441. The predicted molar refractivity (Wildman–Crippen MR) is 81.7 cm³/mol. The summed E-state index contributed by atoms with van der Waals surface area (Å²) in [6.07, 6.45) is 4.51. The number of nitrogens with zero attached hydrogens (tertiary/aromatic N) is 2. The molecule has 0 bridgehead atoms. The number of aromatic nitrogens is 1. The second-order valence-corrected chi connectivity index (χ2v) is 6.04. The lowest BCUT2D eigenvalue weighted by molar-refractivity contribution is 0.414. The third-order valence-corrected chi connectivity index (χ3v) is 4.27. The highest BCUT2D eigenvalue weighted by Crippen LogP contribution is 2.26. The van der Waals surface area contributed by atoms with Crippen LogP contribution in [0.3, 0.4) is 0 Å². The fourth-order valence-electron chi connectivity index (χ4n) is 3.02. The topological polar surface area (TPSA) is 54.2 Å². The summed E-state index contributed by atoms with van der Waals surface area (Å²) in [4.78, 5) is 7.53. The number of fused-ring (bicyclic) bond motifs is 1. The zero-order valence-electron chi connectivity index (χ0n) is 11.3. The van der Waals surface area contributed by atoms with Crippen LogP contribution in [0.1, 0.15) is 29.7 Å². The minimum atomic E-state index is 0.441. The molecule has 1 atom stereocenters. The molecule has 1 aliphatic heterocycles. The van der Waals surface area contributed by atoms with Crippen LogP contribution in [0.25, 0.3) is 0 Å². The summed E-state index contributed by atoms with van der Waals surface area (Å²) < 4.78 is 0. The molecule has 1 unspecified atom stereocenters. The maximum atomic E-state index is 5.85. The first-order valence-corrected chi connectivity index (χ1v) is 7.32.